The molecule has 6 nitrogen and oxygen atoms in total. The number of hydrogen-bond donors (Lipinski definition) is 4. The number of halogens is 4. The number of nitrogens with one attached hydrogen (secondary N) is 2. The lowest BCUT2D eigenvalue weighted by atomic mass is 9.95. The number of hydrogen-bond acceptors (Lipinski definition) is 4. The van der Waals surface area contributed by atoms with Crippen molar-refractivity contribution in [2.45, 2.75) is 24.9 Å². The minimum absolute atomic E-state index is 0.183. The Morgan fingerprint density at radius 1 is 1.22 bits per heavy atom. The maximum Gasteiger partial charge on any atom is 0.490 e. The SMILES string of the molecule is Cc1[nH]c2c(C(N)=O)cc(F)c(-c3cccc4c3SCCN4)c2c1C.O=C(O)C(F)(F)F. The molecule has 0 unspecified atom stereocenters. The molecule has 0 saturated heterocycles. The molecule has 2 heterocycles. The van der Waals surface area contributed by atoms with Gasteiger partial charge in [0.15, 0.2) is 0 Å². The molecular formula is C21H19F4N3O3S. The number of fused-ring (bicyclic) bond motifs is 2. The number of benzene rings is 2. The summed E-state index contributed by atoms with van der Waals surface area (Å²) in [4.78, 5) is 24.9. The van der Waals surface area contributed by atoms with Crippen LogP contribution in [-0.4, -0.2) is 40.4 Å². The maximum absolute atomic E-state index is 15.1. The maximum atomic E-state index is 15.1. The first kappa shape index (κ1) is 23.5. The third kappa shape index (κ3) is 4.38. The smallest absolute Gasteiger partial charge is 0.475 e. The number of carboxylic acids is 1. The van der Waals surface area contributed by atoms with Gasteiger partial charge < -0.3 is 21.1 Å². The highest BCUT2D eigenvalue weighted by Gasteiger charge is 2.38. The van der Waals surface area contributed by atoms with Crippen LogP contribution in [0.3, 0.4) is 0 Å². The molecule has 1 aromatic heterocycles. The van der Waals surface area contributed by atoms with Gasteiger partial charge in [-0.1, -0.05) is 12.1 Å². The molecule has 0 radical (unpaired) electrons. The van der Waals surface area contributed by atoms with E-state index in [1.807, 2.05) is 32.0 Å². The number of carboxylic acid groups (broad SMARTS) is 1. The van der Waals surface area contributed by atoms with Crippen LogP contribution in [0.1, 0.15) is 21.6 Å². The number of amides is 1. The van der Waals surface area contributed by atoms with Crippen LogP contribution in [0, 0.1) is 19.7 Å². The van der Waals surface area contributed by atoms with Gasteiger partial charge in [-0.15, -0.1) is 11.8 Å². The molecule has 0 aliphatic carbocycles. The van der Waals surface area contributed by atoms with Gasteiger partial charge in [0.2, 0.25) is 0 Å². The average Bonchev–Trinajstić information content (AvgIpc) is 3.01. The molecule has 0 saturated carbocycles. The second-order valence-electron chi connectivity index (χ2n) is 7.03. The van der Waals surface area contributed by atoms with E-state index in [4.69, 9.17) is 15.6 Å². The van der Waals surface area contributed by atoms with Gasteiger partial charge in [0.25, 0.3) is 5.91 Å². The fraction of sp³-hybridized carbons (Fsp3) is 0.238. The van der Waals surface area contributed by atoms with Crippen molar-refractivity contribution in [2.75, 3.05) is 17.6 Å². The summed E-state index contributed by atoms with van der Waals surface area (Å²) < 4.78 is 46.9. The number of aromatic amines is 1. The third-order valence-electron chi connectivity index (χ3n) is 4.99. The predicted molar refractivity (Wildman–Crippen MR) is 115 cm³/mol. The number of nitrogens with two attached hydrogens (primary N) is 1. The Morgan fingerprint density at radius 3 is 2.47 bits per heavy atom. The Kier molecular flexibility index (Phi) is 6.40. The molecule has 0 fully saturated rings. The number of anilines is 1. The molecule has 2 aromatic carbocycles. The summed E-state index contributed by atoms with van der Waals surface area (Å²) in [6.45, 7) is 4.74. The van der Waals surface area contributed by atoms with Gasteiger partial charge in [-0.05, 0) is 31.5 Å². The third-order valence-corrected chi connectivity index (χ3v) is 6.12. The zero-order valence-electron chi connectivity index (χ0n) is 17.0. The van der Waals surface area contributed by atoms with Crippen molar-refractivity contribution in [3.8, 4) is 11.1 Å². The fourth-order valence-electron chi connectivity index (χ4n) is 3.45. The molecule has 1 aliphatic heterocycles. The van der Waals surface area contributed by atoms with Crippen molar-refractivity contribution >= 4 is 40.2 Å². The van der Waals surface area contributed by atoms with E-state index in [2.05, 4.69) is 10.3 Å². The number of H-pyrrole nitrogens is 1. The number of carbonyl (C=O) groups is 2. The van der Waals surface area contributed by atoms with E-state index < -0.39 is 23.9 Å². The zero-order chi connectivity index (χ0) is 23.8. The summed E-state index contributed by atoms with van der Waals surface area (Å²) in [6, 6.07) is 7.11. The van der Waals surface area contributed by atoms with Crippen molar-refractivity contribution < 1.29 is 32.3 Å². The first-order chi connectivity index (χ1) is 14.9. The summed E-state index contributed by atoms with van der Waals surface area (Å²) in [5.41, 5.74) is 10.5. The quantitative estimate of drug-likeness (QED) is 0.402. The van der Waals surface area contributed by atoms with E-state index in [0.29, 0.717) is 11.1 Å². The molecule has 0 bridgehead atoms. The van der Waals surface area contributed by atoms with Gasteiger partial charge >= 0.3 is 12.1 Å². The Balaban J connectivity index is 0.000000360. The number of alkyl halides is 3. The number of aryl methyl sites for hydroxylation is 2. The number of rotatable bonds is 2. The number of aliphatic carboxylic acids is 1. The monoisotopic (exact) mass is 469 g/mol. The van der Waals surface area contributed by atoms with Gasteiger partial charge in [-0.25, -0.2) is 9.18 Å². The van der Waals surface area contributed by atoms with Crippen molar-refractivity contribution in [3.05, 3.63) is 46.9 Å². The molecule has 5 N–H and O–H groups in total. The highest BCUT2D eigenvalue weighted by atomic mass is 32.2. The largest absolute Gasteiger partial charge is 0.490 e. The lowest BCUT2D eigenvalue weighted by Crippen LogP contribution is -2.21. The van der Waals surface area contributed by atoms with E-state index in [0.717, 1.165) is 45.1 Å². The molecule has 32 heavy (non-hydrogen) atoms. The number of aromatic nitrogens is 1. The Hall–Kier alpha value is -3.21. The number of thioether (sulfide) groups is 1. The van der Waals surface area contributed by atoms with Crippen LogP contribution < -0.4 is 11.1 Å². The average molecular weight is 469 g/mol. The summed E-state index contributed by atoms with van der Waals surface area (Å²) >= 11 is 1.72. The first-order valence-corrected chi connectivity index (χ1v) is 10.3. The number of carbonyl (C=O) groups excluding carboxylic acids is 1. The molecule has 1 aliphatic rings. The van der Waals surface area contributed by atoms with Gasteiger partial charge in [-0.2, -0.15) is 13.2 Å². The summed E-state index contributed by atoms with van der Waals surface area (Å²) in [6.07, 6.45) is -5.08. The van der Waals surface area contributed by atoms with Crippen molar-refractivity contribution in [1.82, 2.24) is 4.98 Å². The minimum Gasteiger partial charge on any atom is -0.475 e. The molecule has 170 valence electrons. The molecule has 0 atom stereocenters. The standard InChI is InChI=1S/C19H18FN3OS.C2HF3O2/c1-9-10(2)23-17-12(19(21)24)8-13(20)16(15(9)17)11-4-3-5-14-18(11)25-7-6-22-14;3-2(4,5)1(6)7/h3-5,8,22-23H,6-7H2,1-2H3,(H2,21,24);(H,6,7). The molecule has 3 aromatic rings. The van der Waals surface area contributed by atoms with E-state index in [1.54, 1.807) is 11.8 Å². The summed E-state index contributed by atoms with van der Waals surface area (Å²) in [7, 11) is 0. The molecular weight excluding hydrogens is 450 g/mol. The highest BCUT2D eigenvalue weighted by Crippen LogP contribution is 2.44. The lowest BCUT2D eigenvalue weighted by molar-refractivity contribution is -0.192. The van der Waals surface area contributed by atoms with Crippen LogP contribution in [-0.2, 0) is 4.79 Å². The Labute approximate surface area is 184 Å². The molecule has 1 amide bonds. The molecule has 0 spiro atoms. The predicted octanol–water partition coefficient (Wildman–Crippen LogP) is 4.84. The van der Waals surface area contributed by atoms with Crippen molar-refractivity contribution in [3.63, 3.8) is 0 Å². The van der Waals surface area contributed by atoms with Crippen molar-refractivity contribution in [2.24, 2.45) is 5.73 Å². The summed E-state index contributed by atoms with van der Waals surface area (Å²) in [5, 5.41) is 11.2. The van der Waals surface area contributed by atoms with E-state index >= 15 is 4.39 Å². The minimum atomic E-state index is -5.08. The second-order valence-corrected chi connectivity index (χ2v) is 8.14. The molecule has 11 heteroatoms. The zero-order valence-corrected chi connectivity index (χ0v) is 17.8. The van der Waals surface area contributed by atoms with Crippen LogP contribution >= 0.6 is 11.8 Å². The van der Waals surface area contributed by atoms with Crippen LogP contribution in [0.2, 0.25) is 0 Å². The number of primary amides is 1. The highest BCUT2D eigenvalue weighted by molar-refractivity contribution is 7.99. The Morgan fingerprint density at radius 2 is 1.88 bits per heavy atom. The van der Waals surface area contributed by atoms with Gasteiger partial charge in [0.1, 0.15) is 5.82 Å². The fourth-order valence-corrected chi connectivity index (χ4v) is 4.48. The van der Waals surface area contributed by atoms with Gasteiger partial charge in [0, 0.05) is 45.1 Å². The van der Waals surface area contributed by atoms with E-state index in [-0.39, 0.29) is 5.56 Å². The molecule has 4 rings (SSSR count). The lowest BCUT2D eigenvalue weighted by Gasteiger charge is -2.21. The Bertz CT molecular complexity index is 1220. The van der Waals surface area contributed by atoms with Crippen LogP contribution in [0.5, 0.6) is 0 Å². The second kappa shape index (κ2) is 8.73. The van der Waals surface area contributed by atoms with Gasteiger partial charge in [0.05, 0.1) is 11.1 Å². The topological polar surface area (TPSA) is 108 Å². The van der Waals surface area contributed by atoms with E-state index in [1.165, 1.54) is 6.07 Å². The van der Waals surface area contributed by atoms with Crippen LogP contribution in [0.25, 0.3) is 22.0 Å². The first-order valence-electron chi connectivity index (χ1n) is 9.34. The van der Waals surface area contributed by atoms with Crippen LogP contribution in [0.15, 0.2) is 29.2 Å². The van der Waals surface area contributed by atoms with Crippen molar-refractivity contribution in [1.29, 1.82) is 0 Å². The van der Waals surface area contributed by atoms with Crippen LogP contribution in [0.4, 0.5) is 23.2 Å². The van der Waals surface area contributed by atoms with E-state index in [9.17, 15) is 18.0 Å². The van der Waals surface area contributed by atoms with Gasteiger partial charge in [-0.3, -0.25) is 4.79 Å². The normalized spacial score (nSPS) is 13.1. The summed E-state index contributed by atoms with van der Waals surface area (Å²) in [5.74, 6) is -2.89.